The fourth-order valence-corrected chi connectivity index (χ4v) is 3.02. The van der Waals surface area contributed by atoms with Gasteiger partial charge in [-0.3, -0.25) is 4.90 Å². The molecule has 0 spiro atoms. The zero-order valence-corrected chi connectivity index (χ0v) is 13.4. The van der Waals surface area contributed by atoms with Crippen molar-refractivity contribution in [3.63, 3.8) is 0 Å². The molecule has 2 atom stereocenters. The lowest BCUT2D eigenvalue weighted by molar-refractivity contribution is 0.322. The van der Waals surface area contributed by atoms with Gasteiger partial charge in [0.05, 0.1) is 12.0 Å². The van der Waals surface area contributed by atoms with E-state index in [-0.39, 0.29) is 5.92 Å². The van der Waals surface area contributed by atoms with Crippen molar-refractivity contribution in [1.29, 1.82) is 5.26 Å². The van der Waals surface area contributed by atoms with E-state index in [9.17, 15) is 5.26 Å². The van der Waals surface area contributed by atoms with E-state index in [1.807, 2.05) is 26.0 Å². The third-order valence-corrected chi connectivity index (χ3v) is 4.04. The molecule has 0 unspecified atom stereocenters. The van der Waals surface area contributed by atoms with Crippen molar-refractivity contribution in [1.82, 2.24) is 4.90 Å². The van der Waals surface area contributed by atoms with Crippen LogP contribution >= 0.6 is 0 Å². The summed E-state index contributed by atoms with van der Waals surface area (Å²) < 4.78 is 0. The van der Waals surface area contributed by atoms with Gasteiger partial charge in [0.2, 0.25) is 0 Å². The molecule has 1 fully saturated rings. The van der Waals surface area contributed by atoms with E-state index < -0.39 is 0 Å². The van der Waals surface area contributed by atoms with Crippen LogP contribution in [0.1, 0.15) is 30.9 Å². The molecule has 1 aliphatic rings. The van der Waals surface area contributed by atoms with Gasteiger partial charge in [-0.05, 0) is 11.1 Å². The molecule has 1 aliphatic heterocycles. The molecule has 0 radical (unpaired) electrons. The van der Waals surface area contributed by atoms with Gasteiger partial charge in [0.25, 0.3) is 0 Å². The number of nitriles is 1. The second-order valence-corrected chi connectivity index (χ2v) is 5.43. The van der Waals surface area contributed by atoms with Gasteiger partial charge in [-0.1, -0.05) is 74.5 Å². The highest BCUT2D eigenvalue weighted by molar-refractivity contribution is 5.25. The lowest BCUT2D eigenvalue weighted by Crippen LogP contribution is -2.20. The first-order chi connectivity index (χ1) is 10.9. The van der Waals surface area contributed by atoms with Crippen LogP contribution in [0.3, 0.4) is 0 Å². The van der Waals surface area contributed by atoms with Gasteiger partial charge in [-0.15, -0.1) is 0 Å². The summed E-state index contributed by atoms with van der Waals surface area (Å²) in [5.41, 5.74) is 2.60. The molecule has 2 aromatic rings. The molecular formula is C20H24N2. The predicted molar refractivity (Wildman–Crippen MR) is 91.4 cm³/mol. The van der Waals surface area contributed by atoms with Crippen molar-refractivity contribution >= 4 is 0 Å². The minimum absolute atomic E-state index is 0.0983. The monoisotopic (exact) mass is 292 g/mol. The number of rotatable bonds is 3. The van der Waals surface area contributed by atoms with Crippen LogP contribution < -0.4 is 0 Å². The second kappa shape index (κ2) is 8.36. The van der Waals surface area contributed by atoms with Gasteiger partial charge in [-0.2, -0.15) is 5.26 Å². The Balaban J connectivity index is 0.000000847. The van der Waals surface area contributed by atoms with E-state index in [2.05, 4.69) is 59.5 Å². The van der Waals surface area contributed by atoms with Crippen LogP contribution in [-0.4, -0.2) is 18.0 Å². The van der Waals surface area contributed by atoms with Crippen molar-refractivity contribution in [2.45, 2.75) is 26.3 Å². The van der Waals surface area contributed by atoms with E-state index >= 15 is 0 Å². The van der Waals surface area contributed by atoms with Crippen molar-refractivity contribution in [3.8, 4) is 6.07 Å². The second-order valence-electron chi connectivity index (χ2n) is 5.43. The zero-order chi connectivity index (χ0) is 15.8. The summed E-state index contributed by atoms with van der Waals surface area (Å²) in [6.45, 7) is 6.77. The van der Waals surface area contributed by atoms with Gasteiger partial charge < -0.3 is 0 Å². The van der Waals surface area contributed by atoms with Crippen LogP contribution in [0.4, 0.5) is 0 Å². The first kappa shape index (κ1) is 16.3. The molecule has 0 aliphatic carbocycles. The van der Waals surface area contributed by atoms with Crippen molar-refractivity contribution in [3.05, 3.63) is 71.8 Å². The molecule has 1 heterocycles. The molecule has 0 N–H and O–H groups in total. The summed E-state index contributed by atoms with van der Waals surface area (Å²) in [5.74, 6) is 0.436. The highest BCUT2D eigenvalue weighted by Gasteiger charge is 2.33. The maximum absolute atomic E-state index is 9.40. The van der Waals surface area contributed by atoms with Crippen molar-refractivity contribution in [2.24, 2.45) is 5.92 Å². The minimum atomic E-state index is 0.0983. The molecule has 2 nitrogen and oxygen atoms in total. The molecule has 0 aromatic heterocycles. The fraction of sp³-hybridized carbons (Fsp3) is 0.350. The quantitative estimate of drug-likeness (QED) is 0.835. The molecule has 0 amide bonds. The summed E-state index contributed by atoms with van der Waals surface area (Å²) in [5, 5.41) is 9.40. The van der Waals surface area contributed by atoms with Gasteiger partial charge in [0, 0.05) is 25.6 Å². The normalized spacial score (nSPS) is 20.8. The van der Waals surface area contributed by atoms with Crippen LogP contribution in [0.25, 0.3) is 0 Å². The van der Waals surface area contributed by atoms with Crippen molar-refractivity contribution in [2.75, 3.05) is 13.1 Å². The number of hydrogen-bond acceptors (Lipinski definition) is 2. The number of likely N-dealkylation sites (tertiary alicyclic amines) is 1. The standard InChI is InChI=1S/C18H18N2.C2H6/c19-11-17-13-20(12-15-7-3-1-4-8-15)14-18(17)16-9-5-2-6-10-16;1-2/h1-10,17-18H,12-14H2;1-2H3/t17-,18+;/m1./s1. The van der Waals surface area contributed by atoms with Crippen molar-refractivity contribution < 1.29 is 0 Å². The molecular weight excluding hydrogens is 268 g/mol. The first-order valence-electron chi connectivity index (χ1n) is 8.07. The van der Waals surface area contributed by atoms with E-state index in [0.29, 0.717) is 5.92 Å². The predicted octanol–water partition coefficient (Wildman–Crippen LogP) is 4.45. The molecule has 22 heavy (non-hydrogen) atoms. The lowest BCUT2D eigenvalue weighted by Gasteiger charge is -2.16. The van der Waals surface area contributed by atoms with E-state index in [1.165, 1.54) is 11.1 Å². The molecule has 2 heteroatoms. The summed E-state index contributed by atoms with van der Waals surface area (Å²) in [7, 11) is 0. The topological polar surface area (TPSA) is 27.0 Å². The Morgan fingerprint density at radius 2 is 1.55 bits per heavy atom. The molecule has 1 saturated heterocycles. The lowest BCUT2D eigenvalue weighted by atomic mass is 9.90. The van der Waals surface area contributed by atoms with Gasteiger partial charge in [0.15, 0.2) is 0 Å². The Morgan fingerprint density at radius 3 is 2.14 bits per heavy atom. The van der Waals surface area contributed by atoms with Crippen LogP contribution in [0.2, 0.25) is 0 Å². The maximum atomic E-state index is 9.40. The number of nitrogens with zero attached hydrogens (tertiary/aromatic N) is 2. The molecule has 0 bridgehead atoms. The Bertz CT molecular complexity index is 586. The summed E-state index contributed by atoms with van der Waals surface area (Å²) in [6, 6.07) is 23.4. The van der Waals surface area contributed by atoms with E-state index in [0.717, 1.165) is 19.6 Å². The SMILES string of the molecule is CC.N#C[C@@H]1CN(Cc2ccccc2)C[C@H]1c1ccccc1. The Labute approximate surface area is 134 Å². The Morgan fingerprint density at radius 1 is 0.955 bits per heavy atom. The van der Waals surface area contributed by atoms with Crippen LogP contribution in [0, 0.1) is 17.2 Å². The van der Waals surface area contributed by atoms with Gasteiger partial charge >= 0.3 is 0 Å². The number of benzene rings is 2. The van der Waals surface area contributed by atoms with Crippen LogP contribution in [0.15, 0.2) is 60.7 Å². The Kier molecular flexibility index (Phi) is 6.18. The number of hydrogen-bond donors (Lipinski definition) is 0. The third-order valence-electron chi connectivity index (χ3n) is 4.04. The molecule has 114 valence electrons. The average Bonchev–Trinajstić information content (AvgIpc) is 3.01. The minimum Gasteiger partial charge on any atom is -0.297 e. The van der Waals surface area contributed by atoms with Gasteiger partial charge in [0.1, 0.15) is 0 Å². The third kappa shape index (κ3) is 3.96. The zero-order valence-electron chi connectivity index (χ0n) is 13.4. The first-order valence-corrected chi connectivity index (χ1v) is 8.07. The summed E-state index contributed by atoms with van der Waals surface area (Å²) in [6.07, 6.45) is 0. The smallest absolute Gasteiger partial charge is 0.0676 e. The average molecular weight is 292 g/mol. The largest absolute Gasteiger partial charge is 0.297 e. The van der Waals surface area contributed by atoms with E-state index in [4.69, 9.17) is 0 Å². The highest BCUT2D eigenvalue weighted by Crippen LogP contribution is 2.32. The summed E-state index contributed by atoms with van der Waals surface area (Å²) in [4.78, 5) is 2.39. The van der Waals surface area contributed by atoms with Crippen LogP contribution in [0.5, 0.6) is 0 Å². The van der Waals surface area contributed by atoms with Gasteiger partial charge in [-0.25, -0.2) is 0 Å². The molecule has 0 saturated carbocycles. The molecule has 2 aromatic carbocycles. The van der Waals surface area contributed by atoms with E-state index in [1.54, 1.807) is 0 Å². The fourth-order valence-electron chi connectivity index (χ4n) is 3.02. The maximum Gasteiger partial charge on any atom is 0.0676 e. The highest BCUT2D eigenvalue weighted by atomic mass is 15.2. The Hall–Kier alpha value is -2.11. The molecule has 3 rings (SSSR count). The summed E-state index contributed by atoms with van der Waals surface area (Å²) >= 11 is 0. The van der Waals surface area contributed by atoms with Crippen LogP contribution in [-0.2, 0) is 6.54 Å².